The van der Waals surface area contributed by atoms with Crippen molar-refractivity contribution in [3.05, 3.63) is 30.1 Å². The van der Waals surface area contributed by atoms with Gasteiger partial charge in [-0.2, -0.15) is 0 Å². The summed E-state index contributed by atoms with van der Waals surface area (Å²) < 4.78 is 19.1. The average Bonchev–Trinajstić information content (AvgIpc) is 3.27. The summed E-state index contributed by atoms with van der Waals surface area (Å²) in [6, 6.07) is 5.69. The normalized spacial score (nSPS) is 15.6. The van der Waals surface area contributed by atoms with Crippen molar-refractivity contribution >= 4 is 23.7 Å². The van der Waals surface area contributed by atoms with Gasteiger partial charge in [-0.25, -0.2) is 9.18 Å². The first-order chi connectivity index (χ1) is 12.5. The number of benzene rings is 1. The molecule has 1 saturated carbocycles. The third kappa shape index (κ3) is 4.60. The highest BCUT2D eigenvalue weighted by Crippen LogP contribution is 2.27. The highest BCUT2D eigenvalue weighted by molar-refractivity contribution is 8.00. The van der Waals surface area contributed by atoms with Crippen molar-refractivity contribution in [2.75, 3.05) is 0 Å². The van der Waals surface area contributed by atoms with Crippen molar-refractivity contribution in [1.29, 1.82) is 0 Å². The van der Waals surface area contributed by atoms with Crippen LogP contribution in [-0.4, -0.2) is 33.4 Å². The molecule has 0 aliphatic heterocycles. The van der Waals surface area contributed by atoms with E-state index in [4.69, 9.17) is 4.42 Å². The zero-order chi connectivity index (χ0) is 18.5. The van der Waals surface area contributed by atoms with Crippen LogP contribution in [0, 0.1) is 5.82 Å². The van der Waals surface area contributed by atoms with Gasteiger partial charge in [0.15, 0.2) is 0 Å². The lowest BCUT2D eigenvalue weighted by molar-refractivity contribution is -0.119. The number of imide groups is 1. The number of aromatic nitrogens is 2. The largest absolute Gasteiger partial charge is 0.411 e. The number of carbonyl (C=O) groups is 2. The number of hydrogen-bond acceptors (Lipinski definition) is 6. The van der Waals surface area contributed by atoms with Crippen molar-refractivity contribution in [3.63, 3.8) is 0 Å². The minimum atomic E-state index is -0.627. The molecule has 1 atom stereocenters. The number of carbonyl (C=O) groups excluding carboxylic acids is 2. The first kappa shape index (κ1) is 18.4. The van der Waals surface area contributed by atoms with Gasteiger partial charge < -0.3 is 9.73 Å². The summed E-state index contributed by atoms with van der Waals surface area (Å²) in [5.41, 5.74) is 0.194. The van der Waals surface area contributed by atoms with Crippen LogP contribution in [-0.2, 0) is 4.79 Å². The standard InChI is InChI=1S/C17H19FN4O3S/c1-10(14(23)20-16(24)19-11-6-2-3-7-11)26-17-22-21-15(25-17)12-8-4-5-9-13(12)18/h4-5,8-11H,2-3,6-7H2,1H3,(H2,19,20,23,24)/t10-/m1/s1. The van der Waals surface area contributed by atoms with E-state index in [2.05, 4.69) is 20.8 Å². The van der Waals surface area contributed by atoms with E-state index >= 15 is 0 Å². The average molecular weight is 378 g/mol. The van der Waals surface area contributed by atoms with Crippen molar-refractivity contribution in [2.45, 2.75) is 49.1 Å². The molecule has 1 aromatic carbocycles. The van der Waals surface area contributed by atoms with Gasteiger partial charge in [0.1, 0.15) is 5.82 Å². The van der Waals surface area contributed by atoms with E-state index in [0.29, 0.717) is 0 Å². The molecule has 3 amide bonds. The molecule has 1 aromatic heterocycles. The summed E-state index contributed by atoms with van der Waals surface area (Å²) in [6.07, 6.45) is 4.05. The Bertz CT molecular complexity index is 792. The fourth-order valence-electron chi connectivity index (χ4n) is 2.71. The van der Waals surface area contributed by atoms with Gasteiger partial charge in [0.2, 0.25) is 5.91 Å². The molecule has 26 heavy (non-hydrogen) atoms. The smallest absolute Gasteiger partial charge is 0.321 e. The van der Waals surface area contributed by atoms with Crippen LogP contribution in [0.2, 0.25) is 0 Å². The minimum Gasteiger partial charge on any atom is -0.411 e. The molecule has 3 rings (SSSR count). The van der Waals surface area contributed by atoms with Gasteiger partial charge in [0.05, 0.1) is 10.8 Å². The maximum Gasteiger partial charge on any atom is 0.321 e. The Morgan fingerprint density at radius 2 is 2.00 bits per heavy atom. The van der Waals surface area contributed by atoms with Gasteiger partial charge >= 0.3 is 6.03 Å². The molecule has 9 heteroatoms. The molecule has 138 valence electrons. The van der Waals surface area contributed by atoms with E-state index in [0.717, 1.165) is 37.4 Å². The SMILES string of the molecule is C[C@@H](Sc1nnc(-c2ccccc2F)o1)C(=O)NC(=O)NC1CCCC1. The minimum absolute atomic E-state index is 0.0391. The molecule has 1 aliphatic rings. The van der Waals surface area contributed by atoms with Crippen molar-refractivity contribution in [1.82, 2.24) is 20.8 Å². The van der Waals surface area contributed by atoms with Gasteiger partial charge in [-0.05, 0) is 31.9 Å². The quantitative estimate of drug-likeness (QED) is 0.776. The number of thioether (sulfide) groups is 1. The topological polar surface area (TPSA) is 97.1 Å². The Hall–Kier alpha value is -2.42. The van der Waals surface area contributed by atoms with E-state index in [-0.39, 0.29) is 22.7 Å². The molecule has 7 nitrogen and oxygen atoms in total. The zero-order valence-electron chi connectivity index (χ0n) is 14.2. The molecule has 0 radical (unpaired) electrons. The monoisotopic (exact) mass is 378 g/mol. The Morgan fingerprint density at radius 3 is 2.73 bits per heavy atom. The van der Waals surface area contributed by atoms with Crippen LogP contribution in [0.15, 0.2) is 33.9 Å². The van der Waals surface area contributed by atoms with Crippen LogP contribution in [0.3, 0.4) is 0 Å². The summed E-state index contributed by atoms with van der Waals surface area (Å²) in [6.45, 7) is 1.62. The zero-order valence-corrected chi connectivity index (χ0v) is 15.0. The fraction of sp³-hybridized carbons (Fsp3) is 0.412. The molecule has 1 aliphatic carbocycles. The highest BCUT2D eigenvalue weighted by atomic mass is 32.2. The van der Waals surface area contributed by atoms with Crippen LogP contribution in [0.5, 0.6) is 0 Å². The molecule has 1 heterocycles. The van der Waals surface area contributed by atoms with Crippen LogP contribution < -0.4 is 10.6 Å². The van der Waals surface area contributed by atoms with Crippen LogP contribution in [0.4, 0.5) is 9.18 Å². The number of halogens is 1. The molecule has 2 aromatic rings. The van der Waals surface area contributed by atoms with E-state index < -0.39 is 23.0 Å². The first-order valence-corrected chi connectivity index (χ1v) is 9.27. The van der Waals surface area contributed by atoms with Gasteiger partial charge in [-0.15, -0.1) is 10.2 Å². The van der Waals surface area contributed by atoms with Gasteiger partial charge in [-0.3, -0.25) is 10.1 Å². The van der Waals surface area contributed by atoms with Crippen LogP contribution in [0.25, 0.3) is 11.5 Å². The summed E-state index contributed by atoms with van der Waals surface area (Å²) in [5.74, 6) is -0.893. The third-order valence-corrected chi connectivity index (χ3v) is 5.02. The number of hydrogen-bond donors (Lipinski definition) is 2. The van der Waals surface area contributed by atoms with Crippen molar-refractivity contribution < 1.29 is 18.4 Å². The van der Waals surface area contributed by atoms with Gasteiger partial charge in [0.25, 0.3) is 11.1 Å². The summed E-state index contributed by atoms with van der Waals surface area (Å²) in [5, 5.41) is 12.2. The Balaban J connectivity index is 1.54. The van der Waals surface area contributed by atoms with Crippen LogP contribution in [0.1, 0.15) is 32.6 Å². The Labute approximate surface area is 154 Å². The predicted octanol–water partition coefficient (Wildman–Crippen LogP) is 3.12. The van der Waals surface area contributed by atoms with Gasteiger partial charge in [-0.1, -0.05) is 36.7 Å². The number of nitrogens with zero attached hydrogens (tertiary/aromatic N) is 2. The summed E-state index contributed by atoms with van der Waals surface area (Å²) >= 11 is 1.00. The lowest BCUT2D eigenvalue weighted by atomic mass is 10.2. The van der Waals surface area contributed by atoms with E-state index in [1.807, 2.05) is 0 Å². The number of rotatable bonds is 5. The summed E-state index contributed by atoms with van der Waals surface area (Å²) in [4.78, 5) is 24.0. The molecule has 0 spiro atoms. The molecule has 1 fully saturated rings. The van der Waals surface area contributed by atoms with Crippen LogP contribution >= 0.6 is 11.8 Å². The second-order valence-corrected chi connectivity index (χ2v) is 7.35. The maximum atomic E-state index is 13.7. The van der Waals surface area contributed by atoms with Gasteiger partial charge in [0, 0.05) is 6.04 Å². The molecular weight excluding hydrogens is 359 g/mol. The lowest BCUT2D eigenvalue weighted by Crippen LogP contribution is -2.45. The Kier molecular flexibility index (Phi) is 5.87. The van der Waals surface area contributed by atoms with E-state index in [9.17, 15) is 14.0 Å². The second kappa shape index (κ2) is 8.31. The third-order valence-electron chi connectivity index (χ3n) is 4.08. The van der Waals surface area contributed by atoms with E-state index in [1.165, 1.54) is 12.1 Å². The van der Waals surface area contributed by atoms with Crippen molar-refractivity contribution in [2.24, 2.45) is 0 Å². The molecule has 0 bridgehead atoms. The van der Waals surface area contributed by atoms with E-state index in [1.54, 1.807) is 19.1 Å². The number of nitrogens with one attached hydrogen (secondary N) is 2. The number of amides is 3. The predicted molar refractivity (Wildman–Crippen MR) is 93.9 cm³/mol. The molecular formula is C17H19FN4O3S. The summed E-state index contributed by atoms with van der Waals surface area (Å²) in [7, 11) is 0. The maximum absolute atomic E-state index is 13.7. The Morgan fingerprint density at radius 1 is 1.27 bits per heavy atom. The lowest BCUT2D eigenvalue weighted by Gasteiger charge is -2.13. The molecule has 0 saturated heterocycles. The van der Waals surface area contributed by atoms with Crippen molar-refractivity contribution in [3.8, 4) is 11.5 Å². The molecule has 2 N–H and O–H groups in total. The second-order valence-electron chi connectivity index (χ2n) is 6.06. The number of urea groups is 1. The fourth-order valence-corrected chi connectivity index (χ4v) is 3.39. The molecule has 0 unspecified atom stereocenters. The first-order valence-electron chi connectivity index (χ1n) is 8.39. The highest BCUT2D eigenvalue weighted by Gasteiger charge is 2.23.